The van der Waals surface area contributed by atoms with Crippen molar-refractivity contribution in [1.82, 2.24) is 10.6 Å². The van der Waals surface area contributed by atoms with Crippen molar-refractivity contribution in [3.05, 3.63) is 94.5 Å². The lowest BCUT2D eigenvalue weighted by molar-refractivity contribution is 0.0850. The topological polar surface area (TPSA) is 79.5 Å². The van der Waals surface area contributed by atoms with Gasteiger partial charge in [-0.3, -0.25) is 9.59 Å². The first-order valence-electron chi connectivity index (χ1n) is 9.33. The standard InChI is InChI=1S/C23H20BrN3O3S/c1-30-19-13-11-18(12-14-19)25-23(31)27-21(20(28)15-5-3-2-4-6-15)26-22(29)16-7-9-17(24)10-8-16/h2-14,21H,1H3,(H,26,29)(H2,25,27,31). The third-order valence-corrected chi connectivity index (χ3v) is 5.07. The third-order valence-electron chi connectivity index (χ3n) is 4.33. The van der Waals surface area contributed by atoms with E-state index < -0.39 is 12.1 Å². The van der Waals surface area contributed by atoms with Gasteiger partial charge in [-0.15, -0.1) is 0 Å². The van der Waals surface area contributed by atoms with Crippen LogP contribution in [0.15, 0.2) is 83.3 Å². The predicted octanol–water partition coefficient (Wildman–Crippen LogP) is 4.38. The Morgan fingerprint density at radius 2 is 1.52 bits per heavy atom. The van der Waals surface area contributed by atoms with E-state index >= 15 is 0 Å². The number of Topliss-reactive ketones (excluding diaryl/α,β-unsaturated/α-hetero) is 1. The molecule has 8 heteroatoms. The molecular weight excluding hydrogens is 478 g/mol. The van der Waals surface area contributed by atoms with Crippen LogP contribution >= 0.6 is 28.1 Å². The fourth-order valence-electron chi connectivity index (χ4n) is 2.72. The molecule has 3 rings (SSSR count). The maximum Gasteiger partial charge on any atom is 0.253 e. The molecule has 0 heterocycles. The summed E-state index contributed by atoms with van der Waals surface area (Å²) in [5, 5.41) is 8.82. The van der Waals surface area contributed by atoms with Gasteiger partial charge in [0.1, 0.15) is 5.75 Å². The summed E-state index contributed by atoms with van der Waals surface area (Å²) in [6, 6.07) is 22.7. The summed E-state index contributed by atoms with van der Waals surface area (Å²) in [7, 11) is 1.59. The van der Waals surface area contributed by atoms with E-state index in [2.05, 4.69) is 31.9 Å². The van der Waals surface area contributed by atoms with Gasteiger partial charge in [0.25, 0.3) is 5.91 Å². The van der Waals surface area contributed by atoms with Crippen molar-refractivity contribution in [1.29, 1.82) is 0 Å². The van der Waals surface area contributed by atoms with E-state index in [1.807, 2.05) is 6.07 Å². The van der Waals surface area contributed by atoms with E-state index in [4.69, 9.17) is 17.0 Å². The molecule has 1 amide bonds. The molecule has 6 nitrogen and oxygen atoms in total. The molecule has 0 fully saturated rings. The molecule has 1 unspecified atom stereocenters. The number of halogens is 1. The van der Waals surface area contributed by atoms with Crippen molar-refractivity contribution in [2.24, 2.45) is 0 Å². The number of ether oxygens (including phenoxy) is 1. The highest BCUT2D eigenvalue weighted by Gasteiger charge is 2.23. The first kappa shape index (κ1) is 22.5. The van der Waals surface area contributed by atoms with Gasteiger partial charge in [-0.05, 0) is 60.7 Å². The van der Waals surface area contributed by atoms with Crippen LogP contribution in [0.2, 0.25) is 0 Å². The average molecular weight is 498 g/mol. The van der Waals surface area contributed by atoms with Gasteiger partial charge in [0.05, 0.1) is 7.11 Å². The molecule has 31 heavy (non-hydrogen) atoms. The van der Waals surface area contributed by atoms with Gasteiger partial charge in [-0.2, -0.15) is 0 Å². The maximum atomic E-state index is 13.0. The Morgan fingerprint density at radius 3 is 2.13 bits per heavy atom. The molecule has 0 aromatic heterocycles. The molecule has 0 saturated heterocycles. The van der Waals surface area contributed by atoms with Crippen LogP contribution in [0.1, 0.15) is 20.7 Å². The number of carbonyl (C=O) groups is 2. The molecule has 0 bridgehead atoms. The molecule has 0 spiro atoms. The van der Waals surface area contributed by atoms with Gasteiger partial charge in [0.15, 0.2) is 11.3 Å². The lowest BCUT2D eigenvalue weighted by Crippen LogP contribution is -2.53. The van der Waals surface area contributed by atoms with E-state index in [1.54, 1.807) is 79.9 Å². The van der Waals surface area contributed by atoms with E-state index in [-0.39, 0.29) is 10.9 Å². The Bertz CT molecular complexity index is 1060. The van der Waals surface area contributed by atoms with Crippen molar-refractivity contribution in [3.8, 4) is 5.75 Å². The van der Waals surface area contributed by atoms with Crippen LogP contribution in [-0.4, -0.2) is 30.1 Å². The van der Waals surface area contributed by atoms with Gasteiger partial charge in [-0.25, -0.2) is 0 Å². The van der Waals surface area contributed by atoms with E-state index in [1.165, 1.54) is 0 Å². The zero-order valence-corrected chi connectivity index (χ0v) is 19.0. The van der Waals surface area contributed by atoms with Crippen LogP contribution in [0, 0.1) is 0 Å². The van der Waals surface area contributed by atoms with Gasteiger partial charge >= 0.3 is 0 Å². The number of nitrogens with one attached hydrogen (secondary N) is 3. The monoisotopic (exact) mass is 497 g/mol. The third kappa shape index (κ3) is 6.37. The highest BCUT2D eigenvalue weighted by molar-refractivity contribution is 9.10. The number of methoxy groups -OCH3 is 1. The number of rotatable bonds is 7. The Balaban J connectivity index is 1.75. The summed E-state index contributed by atoms with van der Waals surface area (Å²) >= 11 is 8.71. The minimum atomic E-state index is -1.06. The molecule has 0 saturated carbocycles. The minimum Gasteiger partial charge on any atom is -0.497 e. The van der Waals surface area contributed by atoms with Crippen LogP contribution in [0.3, 0.4) is 0 Å². The second-order valence-corrected chi connectivity index (χ2v) is 7.79. The summed E-state index contributed by atoms with van der Waals surface area (Å²) in [5.74, 6) is -0.00482. The first-order valence-corrected chi connectivity index (χ1v) is 10.5. The lowest BCUT2D eigenvalue weighted by Gasteiger charge is -2.21. The number of anilines is 1. The van der Waals surface area contributed by atoms with Crippen molar-refractivity contribution in [2.45, 2.75) is 6.17 Å². The SMILES string of the molecule is COc1ccc(NC(=S)NC(NC(=O)c2ccc(Br)cc2)C(=O)c2ccccc2)cc1. The van der Waals surface area contributed by atoms with Crippen molar-refractivity contribution >= 4 is 50.6 Å². The van der Waals surface area contributed by atoms with Gasteiger partial charge < -0.3 is 20.7 Å². The number of benzene rings is 3. The predicted molar refractivity (Wildman–Crippen MR) is 129 cm³/mol. The number of thiocarbonyl (C=S) groups is 1. The summed E-state index contributed by atoms with van der Waals surface area (Å²) in [6.45, 7) is 0. The fraction of sp³-hybridized carbons (Fsp3) is 0.0870. The van der Waals surface area contributed by atoms with Gasteiger partial charge in [0, 0.05) is 21.3 Å². The zero-order chi connectivity index (χ0) is 22.2. The second-order valence-electron chi connectivity index (χ2n) is 6.47. The fourth-order valence-corrected chi connectivity index (χ4v) is 3.22. The maximum absolute atomic E-state index is 13.0. The number of hydrogen-bond acceptors (Lipinski definition) is 4. The van der Waals surface area contributed by atoms with Gasteiger partial charge in [0.2, 0.25) is 5.78 Å². The van der Waals surface area contributed by atoms with Crippen LogP contribution < -0.4 is 20.7 Å². The lowest BCUT2D eigenvalue weighted by atomic mass is 10.1. The average Bonchev–Trinajstić information content (AvgIpc) is 2.79. The van der Waals surface area contributed by atoms with Gasteiger partial charge in [-0.1, -0.05) is 46.3 Å². The van der Waals surface area contributed by atoms with E-state index in [0.717, 1.165) is 4.47 Å². The molecule has 0 aliphatic rings. The highest BCUT2D eigenvalue weighted by atomic mass is 79.9. The molecule has 3 aromatic carbocycles. The molecule has 1 atom stereocenters. The second kappa shape index (κ2) is 10.7. The van der Waals surface area contributed by atoms with E-state index in [0.29, 0.717) is 22.6 Å². The van der Waals surface area contributed by atoms with E-state index in [9.17, 15) is 9.59 Å². The number of carbonyl (C=O) groups excluding carboxylic acids is 2. The Morgan fingerprint density at radius 1 is 0.871 bits per heavy atom. The normalized spacial score (nSPS) is 11.2. The smallest absolute Gasteiger partial charge is 0.253 e. The van der Waals surface area contributed by atoms with Crippen molar-refractivity contribution < 1.29 is 14.3 Å². The molecule has 0 radical (unpaired) electrons. The van der Waals surface area contributed by atoms with Crippen LogP contribution in [0.5, 0.6) is 5.75 Å². The van der Waals surface area contributed by atoms with Crippen molar-refractivity contribution in [2.75, 3.05) is 12.4 Å². The van der Waals surface area contributed by atoms with Crippen LogP contribution in [0.25, 0.3) is 0 Å². The van der Waals surface area contributed by atoms with Crippen LogP contribution in [-0.2, 0) is 0 Å². The molecule has 3 aromatic rings. The summed E-state index contributed by atoms with van der Waals surface area (Å²) in [6.07, 6.45) is -1.06. The molecular formula is C23H20BrN3O3S. The zero-order valence-electron chi connectivity index (χ0n) is 16.6. The highest BCUT2D eigenvalue weighted by Crippen LogP contribution is 2.15. The summed E-state index contributed by atoms with van der Waals surface area (Å²) < 4.78 is 5.99. The first-order chi connectivity index (χ1) is 15.0. The van der Waals surface area contributed by atoms with Crippen LogP contribution in [0.4, 0.5) is 5.69 Å². The molecule has 0 aliphatic carbocycles. The largest absolute Gasteiger partial charge is 0.497 e. The van der Waals surface area contributed by atoms with Crippen molar-refractivity contribution in [3.63, 3.8) is 0 Å². The minimum absolute atomic E-state index is 0.190. The quantitative estimate of drug-likeness (QED) is 0.255. The summed E-state index contributed by atoms with van der Waals surface area (Å²) in [4.78, 5) is 25.8. The Labute approximate surface area is 194 Å². The number of amides is 1. The number of ketones is 1. The number of hydrogen-bond donors (Lipinski definition) is 3. The Kier molecular flexibility index (Phi) is 7.75. The summed E-state index contributed by atoms with van der Waals surface area (Å²) in [5.41, 5.74) is 1.58. The Hall–Kier alpha value is -3.23. The molecule has 158 valence electrons. The molecule has 0 aliphatic heterocycles. The molecule has 3 N–H and O–H groups in total.